The Labute approximate surface area is 82.5 Å². The molecule has 0 bridgehead atoms. The lowest BCUT2D eigenvalue weighted by Gasteiger charge is -2.08. The zero-order chi connectivity index (χ0) is 11.4. The molecule has 0 rings (SSSR count). The van der Waals surface area contributed by atoms with Gasteiger partial charge in [0.25, 0.3) is 0 Å². The third-order valence-electron chi connectivity index (χ3n) is 1.45. The molecule has 0 fully saturated rings. The maximum Gasteiger partial charge on any atom is 0.349 e. The van der Waals surface area contributed by atoms with Gasteiger partial charge in [-0.15, -0.1) is 0 Å². The minimum atomic E-state index is -4.21. The van der Waals surface area contributed by atoms with Crippen molar-refractivity contribution in [3.63, 3.8) is 0 Å². The van der Waals surface area contributed by atoms with Crippen molar-refractivity contribution < 1.29 is 22.5 Å². The van der Waals surface area contributed by atoms with Gasteiger partial charge in [-0.3, -0.25) is 4.18 Å². The Hall–Kier alpha value is -0.920. The van der Waals surface area contributed by atoms with Crippen LogP contribution in [0.15, 0.2) is 11.5 Å². The summed E-state index contributed by atoms with van der Waals surface area (Å²) >= 11 is 0. The Bertz CT molecular complexity index is 321. The molecule has 14 heavy (non-hydrogen) atoms. The van der Waals surface area contributed by atoms with Gasteiger partial charge in [0.1, 0.15) is 0 Å². The number of aliphatic carboxylic acids is 1. The number of carboxylic acid groups (broad SMARTS) is 1. The van der Waals surface area contributed by atoms with Crippen LogP contribution in [0.4, 0.5) is 0 Å². The average molecular weight is 223 g/mol. The zero-order valence-corrected chi connectivity index (χ0v) is 8.58. The molecular weight excluding hydrogens is 210 g/mol. The number of carbonyl (C=O) groups is 1. The molecule has 0 saturated carbocycles. The van der Waals surface area contributed by atoms with Crippen LogP contribution in [0, 0.1) is 5.92 Å². The molecule has 0 aromatic carbocycles. The number of nitrogens with two attached hydrogens (primary N) is 1. The van der Waals surface area contributed by atoms with Crippen LogP contribution in [0.2, 0.25) is 0 Å². The molecule has 7 heteroatoms. The highest BCUT2D eigenvalue weighted by atomic mass is 32.2. The molecule has 82 valence electrons. The summed E-state index contributed by atoms with van der Waals surface area (Å²) in [4.78, 5) is 9.31. The fourth-order valence-electron chi connectivity index (χ4n) is 0.452. The Morgan fingerprint density at radius 3 is 2.50 bits per heavy atom. The maximum atomic E-state index is 11.0. The highest BCUT2D eigenvalue weighted by molar-refractivity contribution is 7.91. The van der Waals surface area contributed by atoms with Crippen molar-refractivity contribution in [1.82, 2.24) is 0 Å². The average Bonchev–Trinajstić information content (AvgIpc) is 2.12. The molecule has 0 saturated heterocycles. The predicted octanol–water partition coefficient (Wildman–Crippen LogP) is -0.474. The highest BCUT2D eigenvalue weighted by Crippen LogP contribution is 2.08. The highest BCUT2D eigenvalue weighted by Gasteiger charge is 2.23. The predicted molar refractivity (Wildman–Crippen MR) is 49.9 cm³/mol. The molecule has 0 spiro atoms. The number of hydrogen-bond donors (Lipinski definition) is 2. The van der Waals surface area contributed by atoms with E-state index in [1.807, 2.05) is 0 Å². The molecule has 0 aromatic heterocycles. The van der Waals surface area contributed by atoms with E-state index >= 15 is 0 Å². The van der Waals surface area contributed by atoms with Gasteiger partial charge >= 0.3 is 16.1 Å². The minimum absolute atomic E-state index is 0.148. The van der Waals surface area contributed by atoms with E-state index in [1.54, 1.807) is 6.92 Å². The second kappa shape index (κ2) is 5.08. The van der Waals surface area contributed by atoms with E-state index in [0.29, 0.717) is 0 Å². The van der Waals surface area contributed by atoms with E-state index in [4.69, 9.17) is 10.8 Å². The molecule has 0 aromatic rings. The molecular formula is C7H13NO5S. The van der Waals surface area contributed by atoms with Crippen LogP contribution in [-0.4, -0.2) is 32.6 Å². The number of hydrogen-bond acceptors (Lipinski definition) is 5. The first-order chi connectivity index (χ1) is 6.31. The maximum absolute atomic E-state index is 11.0. The molecule has 0 aliphatic rings. The van der Waals surface area contributed by atoms with E-state index in [0.717, 1.165) is 0 Å². The molecule has 1 unspecified atom stereocenters. The van der Waals surface area contributed by atoms with Gasteiger partial charge in [-0.1, -0.05) is 13.5 Å². The van der Waals surface area contributed by atoms with Crippen LogP contribution in [0.1, 0.15) is 6.92 Å². The summed E-state index contributed by atoms with van der Waals surface area (Å²) < 4.78 is 26.5. The molecule has 0 aliphatic carbocycles. The normalized spacial score (nSPS) is 13.6. The summed E-state index contributed by atoms with van der Waals surface area (Å²) in [5.41, 5.74) is 5.22. The van der Waals surface area contributed by atoms with Crippen LogP contribution in [-0.2, 0) is 19.1 Å². The molecule has 0 radical (unpaired) electrons. The first-order valence-electron chi connectivity index (χ1n) is 3.83. The number of rotatable bonds is 6. The van der Waals surface area contributed by atoms with Gasteiger partial charge in [-0.2, -0.15) is 8.42 Å². The van der Waals surface area contributed by atoms with E-state index in [2.05, 4.69) is 10.8 Å². The van der Waals surface area contributed by atoms with Crippen molar-refractivity contribution in [1.29, 1.82) is 0 Å². The lowest BCUT2D eigenvalue weighted by Crippen LogP contribution is -2.21. The summed E-state index contributed by atoms with van der Waals surface area (Å²) in [6, 6.07) is 0. The molecule has 3 N–H and O–H groups in total. The fraction of sp³-hybridized carbons (Fsp3) is 0.571. The van der Waals surface area contributed by atoms with Crippen LogP contribution >= 0.6 is 0 Å². The lowest BCUT2D eigenvalue weighted by atomic mass is 10.2. The van der Waals surface area contributed by atoms with Crippen molar-refractivity contribution >= 4 is 16.1 Å². The standard InChI is InChI=1S/C7H13NO5S/c1-5(3-8)4-13-14(11,12)6(2)7(9)10/h5H,2-4,8H2,1H3,(H,9,10). The third-order valence-corrected chi connectivity index (χ3v) is 2.67. The van der Waals surface area contributed by atoms with Crippen LogP contribution in [0.5, 0.6) is 0 Å². The molecule has 0 amide bonds. The summed E-state index contributed by atoms with van der Waals surface area (Å²) in [5, 5.41) is 8.36. The second-order valence-corrected chi connectivity index (χ2v) is 4.44. The smallest absolute Gasteiger partial charge is 0.349 e. The lowest BCUT2D eigenvalue weighted by molar-refractivity contribution is -0.131. The summed E-state index contributed by atoms with van der Waals surface area (Å²) in [6.07, 6.45) is 0. The van der Waals surface area contributed by atoms with Crippen molar-refractivity contribution in [2.45, 2.75) is 6.92 Å². The molecule has 0 heterocycles. The van der Waals surface area contributed by atoms with Gasteiger partial charge in [0, 0.05) is 0 Å². The quantitative estimate of drug-likeness (QED) is 0.465. The van der Waals surface area contributed by atoms with Crippen molar-refractivity contribution in [2.75, 3.05) is 13.2 Å². The first kappa shape index (κ1) is 13.1. The summed E-state index contributed by atoms with van der Waals surface area (Å²) in [5.74, 6) is -1.78. The van der Waals surface area contributed by atoms with Crippen LogP contribution in [0.25, 0.3) is 0 Å². The Morgan fingerprint density at radius 2 is 2.14 bits per heavy atom. The second-order valence-electron chi connectivity index (χ2n) is 2.81. The van der Waals surface area contributed by atoms with Crippen LogP contribution < -0.4 is 5.73 Å². The SMILES string of the molecule is C=C(C(=O)O)S(=O)(=O)OCC(C)CN. The topological polar surface area (TPSA) is 107 Å². The van der Waals surface area contributed by atoms with Gasteiger partial charge in [-0.05, 0) is 12.5 Å². The van der Waals surface area contributed by atoms with E-state index in [9.17, 15) is 13.2 Å². The van der Waals surface area contributed by atoms with Gasteiger partial charge in [0.05, 0.1) is 6.61 Å². The molecule has 6 nitrogen and oxygen atoms in total. The van der Waals surface area contributed by atoms with Crippen LogP contribution in [0.3, 0.4) is 0 Å². The Balaban J connectivity index is 4.37. The van der Waals surface area contributed by atoms with Gasteiger partial charge in [0.15, 0.2) is 4.91 Å². The molecule has 0 aliphatic heterocycles. The van der Waals surface area contributed by atoms with Gasteiger partial charge in [-0.25, -0.2) is 4.79 Å². The van der Waals surface area contributed by atoms with Crippen molar-refractivity contribution in [3.8, 4) is 0 Å². The first-order valence-corrected chi connectivity index (χ1v) is 5.23. The van der Waals surface area contributed by atoms with Crippen molar-refractivity contribution in [3.05, 3.63) is 11.5 Å². The van der Waals surface area contributed by atoms with Gasteiger partial charge < -0.3 is 10.8 Å². The fourth-order valence-corrected chi connectivity index (χ4v) is 1.22. The Morgan fingerprint density at radius 1 is 1.64 bits per heavy atom. The third kappa shape index (κ3) is 3.86. The monoisotopic (exact) mass is 223 g/mol. The largest absolute Gasteiger partial charge is 0.477 e. The van der Waals surface area contributed by atoms with Gasteiger partial charge in [0.2, 0.25) is 0 Å². The number of carboxylic acids is 1. The Kier molecular flexibility index (Phi) is 4.75. The zero-order valence-electron chi connectivity index (χ0n) is 7.76. The van der Waals surface area contributed by atoms with E-state index in [1.165, 1.54) is 0 Å². The van der Waals surface area contributed by atoms with E-state index < -0.39 is 21.0 Å². The molecule has 1 atom stereocenters. The van der Waals surface area contributed by atoms with E-state index in [-0.39, 0.29) is 19.1 Å². The van der Waals surface area contributed by atoms with Crippen molar-refractivity contribution in [2.24, 2.45) is 11.7 Å². The summed E-state index contributed by atoms with van der Waals surface area (Å²) in [7, 11) is -4.21. The summed E-state index contributed by atoms with van der Waals surface area (Å²) in [6.45, 7) is 4.68. The minimum Gasteiger partial charge on any atom is -0.477 e.